The van der Waals surface area contributed by atoms with Crippen LogP contribution in [0.25, 0.3) is 0 Å². The topological polar surface area (TPSA) is 18.5 Å². The summed E-state index contributed by atoms with van der Waals surface area (Å²) in [4.78, 5) is 0. The van der Waals surface area contributed by atoms with E-state index in [9.17, 15) is 0 Å². The summed E-state index contributed by atoms with van der Waals surface area (Å²) in [6, 6.07) is 16.0. The molecular formula is C15H16O2. The summed E-state index contributed by atoms with van der Waals surface area (Å²) in [5.74, 6) is 1.76. The van der Waals surface area contributed by atoms with Gasteiger partial charge in [0.05, 0.1) is 7.11 Å². The molecule has 88 valence electrons. The fraction of sp³-hybridized carbons (Fsp3) is 0.200. The van der Waals surface area contributed by atoms with Crippen LogP contribution in [0.2, 0.25) is 0 Å². The van der Waals surface area contributed by atoms with Crippen LogP contribution >= 0.6 is 0 Å². The molecule has 2 nitrogen and oxygen atoms in total. The number of hydrogen-bond acceptors (Lipinski definition) is 2. The van der Waals surface area contributed by atoms with Crippen molar-refractivity contribution in [2.75, 3.05) is 7.11 Å². The number of rotatable bonds is 4. The monoisotopic (exact) mass is 228 g/mol. The summed E-state index contributed by atoms with van der Waals surface area (Å²) in [5, 5.41) is 0. The van der Waals surface area contributed by atoms with Gasteiger partial charge in [-0.1, -0.05) is 29.8 Å². The summed E-state index contributed by atoms with van der Waals surface area (Å²) >= 11 is 0. The maximum absolute atomic E-state index is 5.68. The van der Waals surface area contributed by atoms with Crippen LogP contribution in [-0.2, 0) is 6.61 Å². The molecular weight excluding hydrogens is 212 g/mol. The van der Waals surface area contributed by atoms with E-state index in [2.05, 4.69) is 6.92 Å². The molecule has 0 aliphatic rings. The lowest BCUT2D eigenvalue weighted by molar-refractivity contribution is 0.306. The first-order chi connectivity index (χ1) is 8.28. The van der Waals surface area contributed by atoms with Crippen LogP contribution in [0.4, 0.5) is 0 Å². The molecule has 0 spiro atoms. The molecule has 0 saturated heterocycles. The summed E-state index contributed by atoms with van der Waals surface area (Å²) in [6.45, 7) is 2.64. The molecule has 0 atom stereocenters. The molecule has 0 aliphatic heterocycles. The van der Waals surface area contributed by atoms with E-state index in [1.165, 1.54) is 5.56 Å². The number of methoxy groups -OCH3 is 1. The lowest BCUT2D eigenvalue weighted by Gasteiger charge is -2.07. The van der Waals surface area contributed by atoms with Gasteiger partial charge in [-0.3, -0.25) is 0 Å². The van der Waals surface area contributed by atoms with Gasteiger partial charge in [0.2, 0.25) is 0 Å². The molecule has 2 rings (SSSR count). The Morgan fingerprint density at radius 1 is 0.824 bits per heavy atom. The summed E-state index contributed by atoms with van der Waals surface area (Å²) in [6.07, 6.45) is 0. The Morgan fingerprint density at radius 3 is 2.00 bits per heavy atom. The van der Waals surface area contributed by atoms with Gasteiger partial charge in [0.15, 0.2) is 0 Å². The first-order valence-corrected chi connectivity index (χ1v) is 5.60. The van der Waals surface area contributed by atoms with Crippen molar-refractivity contribution in [2.24, 2.45) is 0 Å². The van der Waals surface area contributed by atoms with Crippen LogP contribution in [0.1, 0.15) is 11.1 Å². The second kappa shape index (κ2) is 5.39. The van der Waals surface area contributed by atoms with Gasteiger partial charge >= 0.3 is 0 Å². The molecule has 17 heavy (non-hydrogen) atoms. The van der Waals surface area contributed by atoms with E-state index < -0.39 is 0 Å². The van der Waals surface area contributed by atoms with Crippen molar-refractivity contribution in [3.8, 4) is 11.5 Å². The van der Waals surface area contributed by atoms with E-state index in [4.69, 9.17) is 9.47 Å². The van der Waals surface area contributed by atoms with Gasteiger partial charge in [0, 0.05) is 0 Å². The number of hydrogen-bond donors (Lipinski definition) is 0. The Hall–Kier alpha value is -1.96. The Bertz CT molecular complexity index is 457. The lowest BCUT2D eigenvalue weighted by atomic mass is 10.2. The van der Waals surface area contributed by atoms with Gasteiger partial charge in [0.1, 0.15) is 18.1 Å². The van der Waals surface area contributed by atoms with Crippen molar-refractivity contribution in [2.45, 2.75) is 13.5 Å². The Balaban J connectivity index is 1.95. The van der Waals surface area contributed by atoms with Gasteiger partial charge in [-0.15, -0.1) is 0 Å². The largest absolute Gasteiger partial charge is 0.497 e. The second-order valence-electron chi connectivity index (χ2n) is 3.95. The highest BCUT2D eigenvalue weighted by molar-refractivity contribution is 5.29. The quantitative estimate of drug-likeness (QED) is 0.796. The molecule has 0 fully saturated rings. The van der Waals surface area contributed by atoms with E-state index in [1.807, 2.05) is 48.5 Å². The fourth-order valence-corrected chi connectivity index (χ4v) is 1.52. The third-order valence-corrected chi connectivity index (χ3v) is 2.59. The van der Waals surface area contributed by atoms with Crippen molar-refractivity contribution >= 4 is 0 Å². The zero-order valence-corrected chi connectivity index (χ0v) is 10.1. The highest BCUT2D eigenvalue weighted by atomic mass is 16.5. The van der Waals surface area contributed by atoms with Gasteiger partial charge in [-0.05, 0) is 36.8 Å². The molecule has 0 aromatic heterocycles. The van der Waals surface area contributed by atoms with Crippen LogP contribution < -0.4 is 9.47 Å². The highest BCUT2D eigenvalue weighted by Gasteiger charge is 1.96. The van der Waals surface area contributed by atoms with Gasteiger partial charge in [-0.25, -0.2) is 0 Å². The smallest absolute Gasteiger partial charge is 0.119 e. The minimum absolute atomic E-state index is 0.576. The fourth-order valence-electron chi connectivity index (χ4n) is 1.52. The highest BCUT2D eigenvalue weighted by Crippen LogP contribution is 2.15. The normalized spacial score (nSPS) is 10.0. The van der Waals surface area contributed by atoms with E-state index in [0.29, 0.717) is 6.61 Å². The first kappa shape index (κ1) is 11.5. The van der Waals surface area contributed by atoms with E-state index in [0.717, 1.165) is 17.1 Å². The average Bonchev–Trinajstić information content (AvgIpc) is 2.39. The van der Waals surface area contributed by atoms with Crippen LogP contribution in [0.3, 0.4) is 0 Å². The van der Waals surface area contributed by atoms with Crippen molar-refractivity contribution in [1.29, 1.82) is 0 Å². The lowest BCUT2D eigenvalue weighted by Crippen LogP contribution is -1.95. The van der Waals surface area contributed by atoms with E-state index in [-0.39, 0.29) is 0 Å². The minimum atomic E-state index is 0.576. The maximum atomic E-state index is 5.68. The zero-order chi connectivity index (χ0) is 12.1. The molecule has 0 bridgehead atoms. The molecule has 0 N–H and O–H groups in total. The van der Waals surface area contributed by atoms with Crippen LogP contribution in [0.15, 0.2) is 48.5 Å². The molecule has 0 radical (unpaired) electrons. The standard InChI is InChI=1S/C15H16O2/c1-12-3-7-15(8-4-12)17-11-13-5-9-14(16-2)10-6-13/h3-10H,11H2,1-2H3. The van der Waals surface area contributed by atoms with Gasteiger partial charge in [-0.2, -0.15) is 0 Å². The predicted molar refractivity (Wildman–Crippen MR) is 68.5 cm³/mol. The Labute approximate surface area is 102 Å². The van der Waals surface area contributed by atoms with E-state index >= 15 is 0 Å². The summed E-state index contributed by atoms with van der Waals surface area (Å²) < 4.78 is 10.8. The summed E-state index contributed by atoms with van der Waals surface area (Å²) in [7, 11) is 1.66. The second-order valence-corrected chi connectivity index (χ2v) is 3.95. The van der Waals surface area contributed by atoms with Crippen LogP contribution in [-0.4, -0.2) is 7.11 Å². The van der Waals surface area contributed by atoms with Crippen molar-refractivity contribution in [3.63, 3.8) is 0 Å². The zero-order valence-electron chi connectivity index (χ0n) is 10.1. The molecule has 2 aromatic carbocycles. The summed E-state index contributed by atoms with van der Waals surface area (Å²) in [5.41, 5.74) is 2.37. The SMILES string of the molecule is COc1ccc(COc2ccc(C)cc2)cc1. The maximum Gasteiger partial charge on any atom is 0.119 e. The Kier molecular flexibility index (Phi) is 3.66. The van der Waals surface area contributed by atoms with Crippen molar-refractivity contribution in [3.05, 3.63) is 59.7 Å². The molecule has 0 aliphatic carbocycles. The number of aryl methyl sites for hydroxylation is 1. The van der Waals surface area contributed by atoms with Crippen molar-refractivity contribution < 1.29 is 9.47 Å². The molecule has 0 unspecified atom stereocenters. The van der Waals surface area contributed by atoms with Crippen LogP contribution in [0.5, 0.6) is 11.5 Å². The Morgan fingerprint density at radius 2 is 1.41 bits per heavy atom. The molecule has 2 heteroatoms. The van der Waals surface area contributed by atoms with Crippen molar-refractivity contribution in [1.82, 2.24) is 0 Å². The van der Waals surface area contributed by atoms with E-state index in [1.54, 1.807) is 7.11 Å². The average molecular weight is 228 g/mol. The minimum Gasteiger partial charge on any atom is -0.497 e. The molecule has 2 aromatic rings. The van der Waals surface area contributed by atoms with Crippen LogP contribution in [0, 0.1) is 6.92 Å². The molecule has 0 saturated carbocycles. The molecule has 0 heterocycles. The molecule has 0 amide bonds. The third kappa shape index (κ3) is 3.25. The third-order valence-electron chi connectivity index (χ3n) is 2.59. The van der Waals surface area contributed by atoms with Gasteiger partial charge < -0.3 is 9.47 Å². The predicted octanol–water partition coefficient (Wildman–Crippen LogP) is 3.58. The van der Waals surface area contributed by atoms with Gasteiger partial charge in [0.25, 0.3) is 0 Å². The number of ether oxygens (including phenoxy) is 2. The first-order valence-electron chi connectivity index (χ1n) is 5.60. The number of benzene rings is 2.